The van der Waals surface area contributed by atoms with Gasteiger partial charge in [-0.15, -0.1) is 0 Å². The molecule has 0 amide bonds. The van der Waals surface area contributed by atoms with E-state index in [0.29, 0.717) is 11.5 Å². The van der Waals surface area contributed by atoms with Gasteiger partial charge >= 0.3 is 6.18 Å². The molecule has 128 valence electrons. The molecule has 0 aromatic heterocycles. The topological polar surface area (TPSA) is 32.3 Å². The van der Waals surface area contributed by atoms with Gasteiger partial charge in [0, 0.05) is 0 Å². The van der Waals surface area contributed by atoms with Gasteiger partial charge < -0.3 is 10.4 Å². The third-order valence-electron chi connectivity index (χ3n) is 5.59. The lowest BCUT2D eigenvalue weighted by Crippen LogP contribution is -2.45. The minimum Gasteiger partial charge on any atom is -0.385 e. The summed E-state index contributed by atoms with van der Waals surface area (Å²) in [4.78, 5) is 0. The van der Waals surface area contributed by atoms with Crippen LogP contribution < -0.4 is 5.32 Å². The summed E-state index contributed by atoms with van der Waals surface area (Å²) in [5.74, 6) is 0.304. The van der Waals surface area contributed by atoms with E-state index < -0.39 is 17.3 Å². The highest BCUT2D eigenvalue weighted by atomic mass is 19.4. The molecule has 23 heavy (non-hydrogen) atoms. The van der Waals surface area contributed by atoms with E-state index in [0.717, 1.165) is 50.9 Å². The Bertz CT molecular complexity index is 549. The molecule has 2 fully saturated rings. The minimum absolute atomic E-state index is 0.0636. The van der Waals surface area contributed by atoms with Gasteiger partial charge in [0.25, 0.3) is 0 Å². The fourth-order valence-corrected chi connectivity index (χ4v) is 4.00. The lowest BCUT2D eigenvalue weighted by molar-refractivity contribution is -0.138. The molecule has 1 aromatic carbocycles. The summed E-state index contributed by atoms with van der Waals surface area (Å²) in [6, 6.07) is 5.28. The van der Waals surface area contributed by atoms with Gasteiger partial charge in [-0.1, -0.05) is 19.1 Å². The van der Waals surface area contributed by atoms with Gasteiger partial charge in [0.2, 0.25) is 0 Å². The highest BCUT2D eigenvalue weighted by molar-refractivity contribution is 5.32. The van der Waals surface area contributed by atoms with E-state index in [2.05, 4.69) is 5.32 Å². The smallest absolute Gasteiger partial charge is 0.385 e. The SMILES string of the molecule is CC(C1CCCNC1)C(O)(c1cccc(C(F)(F)F)c1)C1CC1. The molecule has 3 unspecified atom stereocenters. The highest BCUT2D eigenvalue weighted by Crippen LogP contribution is 2.52. The van der Waals surface area contributed by atoms with E-state index in [9.17, 15) is 18.3 Å². The average molecular weight is 327 g/mol. The van der Waals surface area contributed by atoms with Gasteiger partial charge in [-0.25, -0.2) is 0 Å². The second kappa shape index (κ2) is 6.10. The molecule has 0 spiro atoms. The van der Waals surface area contributed by atoms with Crippen molar-refractivity contribution in [2.75, 3.05) is 13.1 Å². The molecule has 1 aliphatic heterocycles. The van der Waals surface area contributed by atoms with E-state index in [1.165, 1.54) is 6.07 Å². The van der Waals surface area contributed by atoms with Crippen LogP contribution in [0.3, 0.4) is 0 Å². The van der Waals surface area contributed by atoms with Crippen LogP contribution in [0.5, 0.6) is 0 Å². The summed E-state index contributed by atoms with van der Waals surface area (Å²) < 4.78 is 39.1. The molecule has 0 bridgehead atoms. The largest absolute Gasteiger partial charge is 0.416 e. The van der Waals surface area contributed by atoms with Crippen LogP contribution in [0.1, 0.15) is 43.7 Å². The highest BCUT2D eigenvalue weighted by Gasteiger charge is 2.51. The van der Waals surface area contributed by atoms with Gasteiger partial charge in [0.1, 0.15) is 0 Å². The zero-order chi connectivity index (χ0) is 16.7. The zero-order valence-corrected chi connectivity index (χ0v) is 13.4. The van der Waals surface area contributed by atoms with Crippen LogP contribution in [0.15, 0.2) is 24.3 Å². The number of hydrogen-bond acceptors (Lipinski definition) is 2. The number of piperidine rings is 1. The van der Waals surface area contributed by atoms with Crippen LogP contribution in [-0.2, 0) is 11.8 Å². The Morgan fingerprint density at radius 1 is 1.17 bits per heavy atom. The van der Waals surface area contributed by atoms with Crippen molar-refractivity contribution < 1.29 is 18.3 Å². The first-order valence-corrected chi connectivity index (χ1v) is 8.44. The number of rotatable bonds is 4. The van der Waals surface area contributed by atoms with Crippen molar-refractivity contribution in [1.82, 2.24) is 5.32 Å². The summed E-state index contributed by atoms with van der Waals surface area (Å²) >= 11 is 0. The summed E-state index contributed by atoms with van der Waals surface area (Å²) in [6.07, 6.45) is -0.537. The van der Waals surface area contributed by atoms with Crippen LogP contribution >= 0.6 is 0 Å². The fourth-order valence-electron chi connectivity index (χ4n) is 4.00. The molecule has 1 aliphatic carbocycles. The fraction of sp³-hybridized carbons (Fsp3) is 0.667. The second-order valence-electron chi connectivity index (χ2n) is 7.07. The Labute approximate surface area is 135 Å². The standard InChI is InChI=1S/C18H24F3NO/c1-12(13-4-3-9-22-11-13)17(23,14-7-8-14)15-5-2-6-16(10-15)18(19,20)21/h2,5-6,10,12-14,22-23H,3-4,7-9,11H2,1H3. The van der Waals surface area contributed by atoms with Crippen molar-refractivity contribution in [1.29, 1.82) is 0 Å². The number of halogens is 3. The van der Waals surface area contributed by atoms with Crippen LogP contribution in [0.25, 0.3) is 0 Å². The van der Waals surface area contributed by atoms with Crippen LogP contribution in [0.2, 0.25) is 0 Å². The Balaban J connectivity index is 1.94. The Kier molecular flexibility index (Phi) is 4.45. The summed E-state index contributed by atoms with van der Waals surface area (Å²) in [7, 11) is 0. The van der Waals surface area contributed by atoms with Gasteiger partial charge in [0.05, 0.1) is 11.2 Å². The number of hydrogen-bond donors (Lipinski definition) is 2. The zero-order valence-electron chi connectivity index (χ0n) is 13.4. The van der Waals surface area contributed by atoms with Crippen molar-refractivity contribution in [3.8, 4) is 0 Å². The Morgan fingerprint density at radius 3 is 2.43 bits per heavy atom. The molecule has 3 atom stereocenters. The van der Waals surface area contributed by atoms with E-state index in [1.807, 2.05) is 6.92 Å². The van der Waals surface area contributed by atoms with Crippen molar-refractivity contribution in [3.05, 3.63) is 35.4 Å². The number of benzene rings is 1. The lowest BCUT2D eigenvalue weighted by Gasteiger charge is -2.41. The quantitative estimate of drug-likeness (QED) is 0.878. The number of aliphatic hydroxyl groups is 1. The molecule has 0 radical (unpaired) electrons. The summed E-state index contributed by atoms with van der Waals surface area (Å²) in [6.45, 7) is 3.81. The molecule has 1 heterocycles. The van der Waals surface area contributed by atoms with Crippen molar-refractivity contribution in [3.63, 3.8) is 0 Å². The third-order valence-corrected chi connectivity index (χ3v) is 5.59. The first-order valence-electron chi connectivity index (χ1n) is 8.44. The molecule has 3 rings (SSSR count). The molecule has 2 N–H and O–H groups in total. The van der Waals surface area contributed by atoms with Crippen LogP contribution in [-0.4, -0.2) is 18.2 Å². The second-order valence-corrected chi connectivity index (χ2v) is 7.07. The van der Waals surface area contributed by atoms with E-state index in [-0.39, 0.29) is 11.8 Å². The first-order chi connectivity index (χ1) is 10.8. The normalized spacial score (nSPS) is 26.6. The minimum atomic E-state index is -4.38. The maximum Gasteiger partial charge on any atom is 0.416 e. The maximum absolute atomic E-state index is 13.0. The Hall–Kier alpha value is -1.07. The maximum atomic E-state index is 13.0. The van der Waals surface area contributed by atoms with Crippen LogP contribution in [0.4, 0.5) is 13.2 Å². The molecular weight excluding hydrogens is 303 g/mol. The average Bonchev–Trinajstić information content (AvgIpc) is 3.39. The molecule has 2 aliphatic rings. The monoisotopic (exact) mass is 327 g/mol. The van der Waals surface area contributed by atoms with Gasteiger partial charge in [-0.05, 0) is 74.2 Å². The predicted octanol–water partition coefficient (Wildman–Crippen LogP) is 3.94. The van der Waals surface area contributed by atoms with E-state index in [4.69, 9.17) is 0 Å². The lowest BCUT2D eigenvalue weighted by atomic mass is 9.70. The van der Waals surface area contributed by atoms with Crippen LogP contribution in [0, 0.1) is 17.8 Å². The van der Waals surface area contributed by atoms with Crippen molar-refractivity contribution in [2.45, 2.75) is 44.4 Å². The molecule has 1 saturated carbocycles. The van der Waals surface area contributed by atoms with Gasteiger partial charge in [-0.3, -0.25) is 0 Å². The molecular formula is C18H24F3NO. The van der Waals surface area contributed by atoms with Crippen molar-refractivity contribution >= 4 is 0 Å². The predicted molar refractivity (Wildman–Crippen MR) is 82.8 cm³/mol. The summed E-state index contributed by atoms with van der Waals surface area (Å²) in [5, 5.41) is 14.8. The molecule has 1 saturated heterocycles. The van der Waals surface area contributed by atoms with E-state index >= 15 is 0 Å². The number of alkyl halides is 3. The first kappa shape index (κ1) is 16.8. The number of nitrogens with one attached hydrogen (secondary N) is 1. The van der Waals surface area contributed by atoms with E-state index in [1.54, 1.807) is 6.07 Å². The van der Waals surface area contributed by atoms with Gasteiger partial charge in [-0.2, -0.15) is 13.2 Å². The summed E-state index contributed by atoms with van der Waals surface area (Å²) in [5.41, 5.74) is -1.42. The molecule has 2 nitrogen and oxygen atoms in total. The molecule has 5 heteroatoms. The molecule has 1 aromatic rings. The van der Waals surface area contributed by atoms with Gasteiger partial charge in [0.15, 0.2) is 0 Å². The third kappa shape index (κ3) is 3.26. The van der Waals surface area contributed by atoms with Crippen molar-refractivity contribution in [2.24, 2.45) is 17.8 Å². The Morgan fingerprint density at radius 2 is 1.87 bits per heavy atom.